The van der Waals surface area contributed by atoms with Crippen molar-refractivity contribution in [3.8, 4) is 5.75 Å². The SMILES string of the molecule is O=C(CCCCCC(=O)Nc1ccccc1O)N/N=C/c1ccc(N(c2ccccc2)c2ccccc2)cc1. The van der Waals surface area contributed by atoms with Crippen LogP contribution in [0.5, 0.6) is 5.75 Å². The minimum atomic E-state index is -0.166. The highest BCUT2D eigenvalue weighted by Crippen LogP contribution is 2.33. The van der Waals surface area contributed by atoms with Crippen LogP contribution in [0.3, 0.4) is 0 Å². The van der Waals surface area contributed by atoms with Gasteiger partial charge in [-0.1, -0.05) is 67.1 Å². The molecule has 0 fully saturated rings. The van der Waals surface area contributed by atoms with E-state index in [1.807, 2.05) is 60.7 Å². The molecule has 0 radical (unpaired) electrons. The largest absolute Gasteiger partial charge is 0.506 e. The Morgan fingerprint density at radius 2 is 1.21 bits per heavy atom. The van der Waals surface area contributed by atoms with Gasteiger partial charge < -0.3 is 15.3 Å². The molecular weight excluding hydrogens is 488 g/mol. The molecule has 0 aromatic heterocycles. The van der Waals surface area contributed by atoms with Crippen LogP contribution in [-0.2, 0) is 9.59 Å². The van der Waals surface area contributed by atoms with Gasteiger partial charge in [-0.2, -0.15) is 5.10 Å². The van der Waals surface area contributed by atoms with Crippen LogP contribution in [0.1, 0.15) is 37.7 Å². The topological polar surface area (TPSA) is 94.0 Å². The number of anilines is 4. The van der Waals surface area contributed by atoms with Crippen molar-refractivity contribution < 1.29 is 14.7 Å². The molecule has 0 unspecified atom stereocenters. The second-order valence-electron chi connectivity index (χ2n) is 9.02. The fraction of sp³-hybridized carbons (Fsp3) is 0.156. The van der Waals surface area contributed by atoms with Crippen LogP contribution in [0.4, 0.5) is 22.7 Å². The highest BCUT2D eigenvalue weighted by atomic mass is 16.3. The van der Waals surface area contributed by atoms with Crippen molar-refractivity contribution in [3.05, 3.63) is 115 Å². The van der Waals surface area contributed by atoms with Gasteiger partial charge in [0.25, 0.3) is 0 Å². The molecule has 3 N–H and O–H groups in total. The first-order valence-electron chi connectivity index (χ1n) is 13.0. The van der Waals surface area contributed by atoms with Gasteiger partial charge in [0.2, 0.25) is 11.8 Å². The zero-order chi connectivity index (χ0) is 27.3. The molecule has 0 heterocycles. The minimum Gasteiger partial charge on any atom is -0.506 e. The Morgan fingerprint density at radius 3 is 1.82 bits per heavy atom. The molecule has 0 spiro atoms. The normalized spacial score (nSPS) is 10.8. The van der Waals surface area contributed by atoms with Crippen molar-refractivity contribution in [1.29, 1.82) is 0 Å². The smallest absolute Gasteiger partial charge is 0.240 e. The van der Waals surface area contributed by atoms with E-state index in [0.29, 0.717) is 31.4 Å². The molecule has 0 bridgehead atoms. The van der Waals surface area contributed by atoms with Crippen LogP contribution in [0.2, 0.25) is 0 Å². The van der Waals surface area contributed by atoms with Crippen molar-refractivity contribution in [1.82, 2.24) is 5.43 Å². The molecule has 39 heavy (non-hydrogen) atoms. The quantitative estimate of drug-likeness (QED) is 0.0820. The second-order valence-corrected chi connectivity index (χ2v) is 9.02. The van der Waals surface area contributed by atoms with E-state index < -0.39 is 0 Å². The summed E-state index contributed by atoms with van der Waals surface area (Å²) in [5.74, 6) is -0.284. The van der Waals surface area contributed by atoms with E-state index >= 15 is 0 Å². The van der Waals surface area contributed by atoms with Gasteiger partial charge in [-0.15, -0.1) is 0 Å². The molecule has 7 heteroatoms. The van der Waals surface area contributed by atoms with E-state index in [4.69, 9.17) is 0 Å². The van der Waals surface area contributed by atoms with Crippen LogP contribution in [0, 0.1) is 0 Å². The number of amides is 2. The highest BCUT2D eigenvalue weighted by molar-refractivity contribution is 5.92. The Bertz CT molecular complexity index is 1330. The fourth-order valence-corrected chi connectivity index (χ4v) is 4.09. The molecule has 0 aliphatic rings. The molecule has 4 aromatic rings. The van der Waals surface area contributed by atoms with E-state index in [-0.39, 0.29) is 17.6 Å². The standard InChI is InChI=1S/C32H32N4O3/c37-30-17-11-10-16-29(30)34-31(38)18-8-3-9-19-32(39)35-33-24-25-20-22-28(23-21-25)36(26-12-4-1-5-13-26)27-14-6-2-7-15-27/h1-2,4-7,10-17,20-24,37H,3,8-9,18-19H2,(H,34,38)(H,35,39)/b33-24+. The molecule has 198 valence electrons. The van der Waals surface area contributed by atoms with Crippen molar-refractivity contribution in [2.45, 2.75) is 32.1 Å². The Hall–Kier alpha value is -4.91. The average Bonchev–Trinajstić information content (AvgIpc) is 2.96. The van der Waals surface area contributed by atoms with E-state index in [1.165, 1.54) is 6.07 Å². The number of nitrogens with zero attached hydrogens (tertiary/aromatic N) is 2. The Labute approximate surface area is 228 Å². The molecule has 2 amide bonds. The molecule has 0 aliphatic heterocycles. The summed E-state index contributed by atoms with van der Waals surface area (Å²) in [5, 5.41) is 16.5. The summed E-state index contributed by atoms with van der Waals surface area (Å²) in [6, 6.07) is 35.0. The molecule has 7 nitrogen and oxygen atoms in total. The van der Waals surface area contributed by atoms with Crippen molar-refractivity contribution in [2.24, 2.45) is 5.10 Å². The van der Waals surface area contributed by atoms with Gasteiger partial charge in [0, 0.05) is 29.9 Å². The van der Waals surface area contributed by atoms with Crippen molar-refractivity contribution in [2.75, 3.05) is 10.2 Å². The number of hydrogen-bond donors (Lipinski definition) is 3. The summed E-state index contributed by atoms with van der Waals surface area (Å²) < 4.78 is 0. The Morgan fingerprint density at radius 1 is 0.667 bits per heavy atom. The molecular formula is C32H32N4O3. The predicted octanol–water partition coefficient (Wildman–Crippen LogP) is 6.90. The van der Waals surface area contributed by atoms with Gasteiger partial charge in [-0.05, 0) is 66.9 Å². The number of phenolic OH excluding ortho intramolecular Hbond substituents is 1. The fourth-order valence-electron chi connectivity index (χ4n) is 4.09. The number of para-hydroxylation sites is 4. The predicted molar refractivity (Wildman–Crippen MR) is 157 cm³/mol. The van der Waals surface area contributed by atoms with E-state index in [9.17, 15) is 14.7 Å². The van der Waals surface area contributed by atoms with Crippen molar-refractivity contribution >= 4 is 40.8 Å². The second kappa shape index (κ2) is 14.1. The van der Waals surface area contributed by atoms with E-state index in [1.54, 1.807) is 24.4 Å². The van der Waals surface area contributed by atoms with Gasteiger partial charge in [-0.25, -0.2) is 5.43 Å². The van der Waals surface area contributed by atoms with Crippen LogP contribution in [0.15, 0.2) is 114 Å². The number of nitrogens with one attached hydrogen (secondary N) is 2. The average molecular weight is 521 g/mol. The molecule has 0 atom stereocenters. The van der Waals surface area contributed by atoms with Crippen LogP contribution in [-0.4, -0.2) is 23.1 Å². The zero-order valence-corrected chi connectivity index (χ0v) is 21.7. The monoisotopic (exact) mass is 520 g/mol. The molecule has 0 saturated heterocycles. The lowest BCUT2D eigenvalue weighted by atomic mass is 10.1. The van der Waals surface area contributed by atoms with Crippen LogP contribution in [0.25, 0.3) is 0 Å². The first-order chi connectivity index (χ1) is 19.1. The zero-order valence-electron chi connectivity index (χ0n) is 21.7. The maximum atomic E-state index is 12.1. The summed E-state index contributed by atoms with van der Waals surface area (Å²) in [6.45, 7) is 0. The molecule has 4 aromatic carbocycles. The van der Waals surface area contributed by atoms with E-state index in [0.717, 1.165) is 29.0 Å². The number of hydrazone groups is 1. The number of phenols is 1. The number of hydrogen-bond acceptors (Lipinski definition) is 5. The van der Waals surface area contributed by atoms with Crippen molar-refractivity contribution in [3.63, 3.8) is 0 Å². The number of rotatable bonds is 12. The van der Waals surface area contributed by atoms with Gasteiger partial charge in [0.05, 0.1) is 11.9 Å². The third kappa shape index (κ3) is 8.30. The minimum absolute atomic E-state index is 0.0420. The lowest BCUT2D eigenvalue weighted by Crippen LogP contribution is -2.17. The van der Waals surface area contributed by atoms with Crippen LogP contribution < -0.4 is 15.6 Å². The third-order valence-corrected chi connectivity index (χ3v) is 6.07. The summed E-state index contributed by atoms with van der Waals surface area (Å²) >= 11 is 0. The first kappa shape index (κ1) is 27.1. The summed E-state index contributed by atoms with van der Waals surface area (Å²) in [4.78, 5) is 26.3. The van der Waals surface area contributed by atoms with Gasteiger partial charge in [-0.3, -0.25) is 9.59 Å². The van der Waals surface area contributed by atoms with Gasteiger partial charge in [0.1, 0.15) is 5.75 Å². The summed E-state index contributed by atoms with van der Waals surface area (Å²) in [5.41, 5.74) is 6.99. The number of aromatic hydroxyl groups is 1. The lowest BCUT2D eigenvalue weighted by molar-refractivity contribution is -0.121. The summed E-state index contributed by atoms with van der Waals surface area (Å²) in [6.07, 6.45) is 4.35. The van der Waals surface area contributed by atoms with Crippen LogP contribution >= 0.6 is 0 Å². The highest BCUT2D eigenvalue weighted by Gasteiger charge is 2.11. The number of unbranched alkanes of at least 4 members (excludes halogenated alkanes) is 2. The maximum absolute atomic E-state index is 12.1. The number of carbonyl (C=O) groups excluding carboxylic acids is 2. The number of carbonyl (C=O) groups is 2. The third-order valence-electron chi connectivity index (χ3n) is 6.07. The summed E-state index contributed by atoms with van der Waals surface area (Å²) in [7, 11) is 0. The number of benzene rings is 4. The Kier molecular flexibility index (Phi) is 9.84. The maximum Gasteiger partial charge on any atom is 0.240 e. The molecule has 4 rings (SSSR count). The van der Waals surface area contributed by atoms with E-state index in [2.05, 4.69) is 45.0 Å². The Balaban J connectivity index is 1.20. The molecule has 0 saturated carbocycles. The molecule has 0 aliphatic carbocycles. The lowest BCUT2D eigenvalue weighted by Gasteiger charge is -2.25. The van der Waals surface area contributed by atoms with Gasteiger partial charge >= 0.3 is 0 Å². The first-order valence-corrected chi connectivity index (χ1v) is 13.0. The van der Waals surface area contributed by atoms with Gasteiger partial charge in [0.15, 0.2) is 0 Å².